The Morgan fingerprint density at radius 3 is 3.00 bits per heavy atom. The smallest absolute Gasteiger partial charge is 0.233 e. The number of aromatic hydroxyl groups is 1. The van der Waals surface area contributed by atoms with Crippen LogP contribution in [0.4, 0.5) is 0 Å². The number of amides is 1. The number of imidazole rings is 1. The Labute approximate surface area is 115 Å². The first-order valence-electron chi connectivity index (χ1n) is 6.32. The number of phenolic OH excluding ortho intramolecular Hbond substituents is 1. The van der Waals surface area contributed by atoms with Crippen molar-refractivity contribution in [2.75, 3.05) is 18.8 Å². The monoisotopic (exact) mass is 277 g/mol. The van der Waals surface area contributed by atoms with E-state index in [1.807, 2.05) is 4.90 Å². The summed E-state index contributed by atoms with van der Waals surface area (Å²) in [5.41, 5.74) is 1.59. The van der Waals surface area contributed by atoms with Crippen LogP contribution < -0.4 is 0 Å². The summed E-state index contributed by atoms with van der Waals surface area (Å²) in [6, 6.07) is 5.00. The van der Waals surface area contributed by atoms with Gasteiger partial charge in [0.1, 0.15) is 5.75 Å². The van der Waals surface area contributed by atoms with E-state index in [0.29, 0.717) is 10.9 Å². The number of hydrogen-bond donors (Lipinski definition) is 2. The fourth-order valence-corrected chi connectivity index (χ4v) is 3.02. The van der Waals surface area contributed by atoms with Crippen molar-refractivity contribution in [1.29, 1.82) is 0 Å². The van der Waals surface area contributed by atoms with Crippen LogP contribution in [0.25, 0.3) is 11.0 Å². The van der Waals surface area contributed by atoms with Crippen LogP contribution in [0.2, 0.25) is 0 Å². The third-order valence-corrected chi connectivity index (χ3v) is 4.09. The van der Waals surface area contributed by atoms with Gasteiger partial charge in [0.15, 0.2) is 5.16 Å². The molecule has 5 nitrogen and oxygen atoms in total. The van der Waals surface area contributed by atoms with Gasteiger partial charge in [-0.3, -0.25) is 4.79 Å². The molecule has 1 amide bonds. The summed E-state index contributed by atoms with van der Waals surface area (Å²) in [5, 5.41) is 10.1. The Bertz CT molecular complexity index is 605. The van der Waals surface area contributed by atoms with Gasteiger partial charge in [0.25, 0.3) is 0 Å². The molecular formula is C13H15N3O2S. The Kier molecular flexibility index (Phi) is 3.33. The molecule has 2 aromatic rings. The number of nitrogens with one attached hydrogen (secondary N) is 1. The molecule has 1 aromatic heterocycles. The van der Waals surface area contributed by atoms with Gasteiger partial charge < -0.3 is 15.0 Å². The van der Waals surface area contributed by atoms with Gasteiger partial charge >= 0.3 is 0 Å². The molecule has 0 bridgehead atoms. The van der Waals surface area contributed by atoms with Crippen molar-refractivity contribution in [2.24, 2.45) is 0 Å². The second kappa shape index (κ2) is 5.13. The highest BCUT2D eigenvalue weighted by molar-refractivity contribution is 7.99. The molecule has 1 fully saturated rings. The summed E-state index contributed by atoms with van der Waals surface area (Å²) in [6.07, 6.45) is 2.22. The summed E-state index contributed by atoms with van der Waals surface area (Å²) in [4.78, 5) is 21.3. The SMILES string of the molecule is O=C(CSc1nc2ccc(O)cc2[nH]1)N1CCCC1. The Morgan fingerprint density at radius 1 is 1.42 bits per heavy atom. The van der Waals surface area contributed by atoms with Crippen LogP contribution in [0.1, 0.15) is 12.8 Å². The summed E-state index contributed by atoms with van der Waals surface area (Å²) >= 11 is 1.41. The highest BCUT2D eigenvalue weighted by Gasteiger charge is 2.18. The van der Waals surface area contributed by atoms with Crippen LogP contribution in [0.3, 0.4) is 0 Å². The Morgan fingerprint density at radius 2 is 2.21 bits per heavy atom. The molecule has 2 heterocycles. The highest BCUT2D eigenvalue weighted by Crippen LogP contribution is 2.23. The lowest BCUT2D eigenvalue weighted by Crippen LogP contribution is -2.29. The first kappa shape index (κ1) is 12.3. The first-order valence-corrected chi connectivity index (χ1v) is 7.30. The van der Waals surface area contributed by atoms with Gasteiger partial charge in [-0.2, -0.15) is 0 Å². The zero-order valence-corrected chi connectivity index (χ0v) is 11.2. The van der Waals surface area contributed by atoms with E-state index in [0.717, 1.165) is 37.0 Å². The molecule has 6 heteroatoms. The minimum atomic E-state index is 0.172. The van der Waals surface area contributed by atoms with Crippen LogP contribution >= 0.6 is 11.8 Å². The van der Waals surface area contributed by atoms with Crippen LogP contribution in [0.5, 0.6) is 5.75 Å². The Hall–Kier alpha value is -1.69. The number of carbonyl (C=O) groups is 1. The van der Waals surface area contributed by atoms with E-state index in [-0.39, 0.29) is 11.7 Å². The number of carbonyl (C=O) groups excluding carboxylic acids is 1. The number of hydrogen-bond acceptors (Lipinski definition) is 4. The van der Waals surface area contributed by atoms with E-state index < -0.39 is 0 Å². The molecule has 1 aliphatic heterocycles. The van der Waals surface area contributed by atoms with Crippen molar-refractivity contribution in [1.82, 2.24) is 14.9 Å². The van der Waals surface area contributed by atoms with Crippen molar-refractivity contribution >= 4 is 28.7 Å². The van der Waals surface area contributed by atoms with Crippen LogP contribution in [0, 0.1) is 0 Å². The maximum atomic E-state index is 11.9. The average Bonchev–Trinajstić information content (AvgIpc) is 3.04. The molecule has 1 aliphatic rings. The van der Waals surface area contributed by atoms with E-state index in [1.165, 1.54) is 11.8 Å². The molecule has 1 aromatic carbocycles. The van der Waals surface area contributed by atoms with E-state index in [4.69, 9.17) is 0 Å². The van der Waals surface area contributed by atoms with Crippen molar-refractivity contribution in [3.05, 3.63) is 18.2 Å². The molecule has 0 unspecified atom stereocenters. The number of H-pyrrole nitrogens is 1. The van der Waals surface area contributed by atoms with Crippen molar-refractivity contribution < 1.29 is 9.90 Å². The van der Waals surface area contributed by atoms with Gasteiger partial charge in [0.05, 0.1) is 16.8 Å². The number of aromatic amines is 1. The van der Waals surface area contributed by atoms with Gasteiger partial charge in [0, 0.05) is 19.2 Å². The molecule has 0 aliphatic carbocycles. The van der Waals surface area contributed by atoms with E-state index in [1.54, 1.807) is 18.2 Å². The Balaban J connectivity index is 1.66. The van der Waals surface area contributed by atoms with E-state index in [2.05, 4.69) is 9.97 Å². The molecule has 100 valence electrons. The highest BCUT2D eigenvalue weighted by atomic mass is 32.2. The van der Waals surface area contributed by atoms with Gasteiger partial charge in [-0.05, 0) is 25.0 Å². The molecular weight excluding hydrogens is 262 g/mol. The topological polar surface area (TPSA) is 69.2 Å². The predicted molar refractivity (Wildman–Crippen MR) is 74.3 cm³/mol. The minimum Gasteiger partial charge on any atom is -0.508 e. The zero-order valence-electron chi connectivity index (χ0n) is 10.4. The lowest BCUT2D eigenvalue weighted by molar-refractivity contribution is -0.127. The minimum absolute atomic E-state index is 0.172. The molecule has 0 radical (unpaired) electrons. The molecule has 2 N–H and O–H groups in total. The summed E-state index contributed by atoms with van der Waals surface area (Å²) in [5.74, 6) is 0.790. The normalized spacial score (nSPS) is 15.3. The maximum absolute atomic E-state index is 11.9. The van der Waals surface area contributed by atoms with Crippen molar-refractivity contribution in [3.8, 4) is 5.75 Å². The standard InChI is InChI=1S/C13H15N3O2S/c17-9-3-4-10-11(7-9)15-13(14-10)19-8-12(18)16-5-1-2-6-16/h3-4,7,17H,1-2,5-6,8H2,(H,14,15). The van der Waals surface area contributed by atoms with Gasteiger partial charge in [-0.25, -0.2) is 4.98 Å². The fraction of sp³-hybridized carbons (Fsp3) is 0.385. The first-order chi connectivity index (χ1) is 9.22. The number of likely N-dealkylation sites (tertiary alicyclic amines) is 1. The van der Waals surface area contributed by atoms with Crippen molar-refractivity contribution in [3.63, 3.8) is 0 Å². The molecule has 1 saturated heterocycles. The average molecular weight is 277 g/mol. The second-order valence-corrected chi connectivity index (χ2v) is 5.58. The fourth-order valence-electron chi connectivity index (χ4n) is 2.23. The van der Waals surface area contributed by atoms with Crippen molar-refractivity contribution in [2.45, 2.75) is 18.0 Å². The lowest BCUT2D eigenvalue weighted by atomic mass is 10.3. The molecule has 0 saturated carbocycles. The predicted octanol–water partition coefficient (Wildman–Crippen LogP) is 1.98. The molecule has 19 heavy (non-hydrogen) atoms. The van der Waals surface area contributed by atoms with Crippen LogP contribution in [-0.2, 0) is 4.79 Å². The van der Waals surface area contributed by atoms with Gasteiger partial charge in [-0.15, -0.1) is 0 Å². The van der Waals surface area contributed by atoms with Gasteiger partial charge in [-0.1, -0.05) is 11.8 Å². The number of benzene rings is 1. The second-order valence-electron chi connectivity index (χ2n) is 4.62. The number of phenols is 1. The number of fused-ring (bicyclic) bond motifs is 1. The van der Waals surface area contributed by atoms with Gasteiger partial charge in [0.2, 0.25) is 5.91 Å². The molecule has 0 atom stereocenters. The number of nitrogens with zero attached hydrogens (tertiary/aromatic N) is 2. The van der Waals surface area contributed by atoms with E-state index in [9.17, 15) is 9.90 Å². The van der Waals surface area contributed by atoms with Crippen LogP contribution in [0.15, 0.2) is 23.4 Å². The third kappa shape index (κ3) is 2.68. The number of aromatic nitrogens is 2. The lowest BCUT2D eigenvalue weighted by Gasteiger charge is -2.13. The quantitative estimate of drug-likeness (QED) is 0.842. The zero-order chi connectivity index (χ0) is 13.2. The molecule has 3 rings (SSSR count). The third-order valence-electron chi connectivity index (χ3n) is 3.23. The number of thioether (sulfide) groups is 1. The summed E-state index contributed by atoms with van der Waals surface area (Å²) < 4.78 is 0. The van der Waals surface area contributed by atoms with Crippen LogP contribution in [-0.4, -0.2) is 44.7 Å². The maximum Gasteiger partial charge on any atom is 0.233 e. The van der Waals surface area contributed by atoms with E-state index >= 15 is 0 Å². The summed E-state index contributed by atoms with van der Waals surface area (Å²) in [7, 11) is 0. The number of rotatable bonds is 3. The molecule has 0 spiro atoms. The largest absolute Gasteiger partial charge is 0.508 e. The summed E-state index contributed by atoms with van der Waals surface area (Å²) in [6.45, 7) is 1.76.